The van der Waals surface area contributed by atoms with Crippen LogP contribution in [0.5, 0.6) is 0 Å². The highest BCUT2D eigenvalue weighted by Gasteiger charge is 2.19. The smallest absolute Gasteiger partial charge is 0.306 e. The molecule has 0 fully saturated rings. The van der Waals surface area contributed by atoms with Crippen LogP contribution in [0, 0.1) is 0 Å². The Hall–Kier alpha value is -3.15. The highest BCUT2D eigenvalue weighted by molar-refractivity contribution is 5.71. The van der Waals surface area contributed by atoms with Crippen molar-refractivity contribution in [1.29, 1.82) is 0 Å². The Morgan fingerprint density at radius 2 is 0.621 bits per heavy atom. The number of unbranched alkanes of at least 4 members (excludes halogenated alkanes) is 27. The van der Waals surface area contributed by atoms with Gasteiger partial charge in [-0.2, -0.15) is 0 Å². The Labute approximate surface area is 408 Å². The number of allylic oxidation sites excluding steroid dienone is 12. The molecule has 66 heavy (non-hydrogen) atoms. The van der Waals surface area contributed by atoms with Crippen LogP contribution in [-0.4, -0.2) is 37.2 Å². The zero-order valence-corrected chi connectivity index (χ0v) is 43.4. The average molecular weight is 921 g/mol. The molecule has 0 amide bonds. The predicted octanol–water partition coefficient (Wildman–Crippen LogP) is 18.6. The molecule has 0 aliphatic rings. The minimum absolute atomic E-state index is 0.101. The lowest BCUT2D eigenvalue weighted by atomic mass is 10.1. The molecule has 0 saturated heterocycles. The molecule has 0 aliphatic heterocycles. The summed E-state index contributed by atoms with van der Waals surface area (Å²) in [6, 6.07) is 0. The first-order valence-corrected chi connectivity index (χ1v) is 27.9. The Balaban J connectivity index is 4.42. The zero-order chi connectivity index (χ0) is 47.9. The summed E-state index contributed by atoms with van der Waals surface area (Å²) in [5.74, 6) is -0.991. The highest BCUT2D eigenvalue weighted by atomic mass is 16.6. The lowest BCUT2D eigenvalue weighted by Crippen LogP contribution is -2.30. The van der Waals surface area contributed by atoms with Crippen LogP contribution in [0.15, 0.2) is 72.9 Å². The van der Waals surface area contributed by atoms with E-state index in [1.54, 1.807) is 0 Å². The third-order valence-corrected chi connectivity index (χ3v) is 11.9. The molecule has 0 aromatic heterocycles. The molecule has 380 valence electrons. The van der Waals surface area contributed by atoms with E-state index in [0.29, 0.717) is 19.3 Å². The number of carbonyl (C=O) groups is 3. The van der Waals surface area contributed by atoms with Gasteiger partial charge in [0.2, 0.25) is 0 Å². The summed E-state index contributed by atoms with van der Waals surface area (Å²) in [5, 5.41) is 0. The van der Waals surface area contributed by atoms with E-state index in [4.69, 9.17) is 14.2 Å². The summed E-state index contributed by atoms with van der Waals surface area (Å²) in [5.41, 5.74) is 0. The molecule has 6 nitrogen and oxygen atoms in total. The second-order valence-corrected chi connectivity index (χ2v) is 18.5. The van der Waals surface area contributed by atoms with E-state index in [1.807, 2.05) is 6.08 Å². The average Bonchev–Trinajstić information content (AvgIpc) is 3.31. The maximum Gasteiger partial charge on any atom is 0.306 e. The third kappa shape index (κ3) is 51.8. The largest absolute Gasteiger partial charge is 0.462 e. The van der Waals surface area contributed by atoms with Crippen molar-refractivity contribution in [3.63, 3.8) is 0 Å². The van der Waals surface area contributed by atoms with Crippen molar-refractivity contribution in [1.82, 2.24) is 0 Å². The summed E-state index contributed by atoms with van der Waals surface area (Å²) >= 11 is 0. The van der Waals surface area contributed by atoms with Crippen molar-refractivity contribution in [3.05, 3.63) is 72.9 Å². The molecule has 0 aromatic carbocycles. The second kappa shape index (κ2) is 54.5. The van der Waals surface area contributed by atoms with Gasteiger partial charge in [-0.25, -0.2) is 0 Å². The summed E-state index contributed by atoms with van der Waals surface area (Å²) in [6.07, 6.45) is 69.1. The monoisotopic (exact) mass is 921 g/mol. The molecular formula is C60H104O6. The van der Waals surface area contributed by atoms with Crippen LogP contribution < -0.4 is 0 Å². The quantitative estimate of drug-likeness (QED) is 0.0262. The summed E-state index contributed by atoms with van der Waals surface area (Å²) in [4.78, 5) is 38.0. The van der Waals surface area contributed by atoms with Crippen LogP contribution in [0.4, 0.5) is 0 Å². The third-order valence-electron chi connectivity index (χ3n) is 11.9. The minimum Gasteiger partial charge on any atom is -0.462 e. The minimum atomic E-state index is -0.809. The van der Waals surface area contributed by atoms with Crippen LogP contribution in [0.25, 0.3) is 0 Å². The standard InChI is InChI=1S/C60H104O6/c1-4-7-10-13-16-19-22-25-27-29-30-31-33-35-38-41-44-47-50-53-59(62)65-56-57(55-64-58(61)52-49-46-43-40-37-34-24-21-18-15-12-9-6-3)66-60(63)54-51-48-45-42-39-36-32-28-26-23-20-17-14-11-8-5-2/h9,12,18,21,25,27-28,32,34,37,43,46,57H,4-8,10-11,13-17,19-20,22-24,26,29-31,33,35-36,38-42,44-45,47-56H2,1-3H3/b12-9-,21-18-,27-25-,32-28-,37-34-,46-43-. The fourth-order valence-corrected chi connectivity index (χ4v) is 7.74. The fourth-order valence-electron chi connectivity index (χ4n) is 7.74. The van der Waals surface area contributed by atoms with Gasteiger partial charge in [0.25, 0.3) is 0 Å². The number of hydrogen-bond donors (Lipinski definition) is 0. The Kier molecular flexibility index (Phi) is 51.9. The van der Waals surface area contributed by atoms with Gasteiger partial charge in [-0.05, 0) is 96.3 Å². The summed E-state index contributed by atoms with van der Waals surface area (Å²) in [6.45, 7) is 6.46. The lowest BCUT2D eigenvalue weighted by molar-refractivity contribution is -0.166. The predicted molar refractivity (Wildman–Crippen MR) is 284 cm³/mol. The van der Waals surface area contributed by atoms with Crippen molar-refractivity contribution >= 4 is 17.9 Å². The van der Waals surface area contributed by atoms with E-state index < -0.39 is 6.10 Å². The molecule has 0 radical (unpaired) electrons. The molecular weight excluding hydrogens is 817 g/mol. The molecule has 0 aromatic rings. The fraction of sp³-hybridized carbons (Fsp3) is 0.750. The molecule has 0 bridgehead atoms. The first-order chi connectivity index (χ1) is 32.5. The van der Waals surface area contributed by atoms with E-state index in [0.717, 1.165) is 77.0 Å². The van der Waals surface area contributed by atoms with Gasteiger partial charge in [-0.15, -0.1) is 0 Å². The number of esters is 3. The summed E-state index contributed by atoms with van der Waals surface area (Å²) in [7, 11) is 0. The van der Waals surface area contributed by atoms with Gasteiger partial charge in [-0.1, -0.05) is 229 Å². The van der Waals surface area contributed by atoms with Gasteiger partial charge in [0.05, 0.1) is 0 Å². The first kappa shape index (κ1) is 62.8. The van der Waals surface area contributed by atoms with Crippen LogP contribution in [0.3, 0.4) is 0 Å². The van der Waals surface area contributed by atoms with Crippen LogP contribution in [-0.2, 0) is 28.6 Å². The van der Waals surface area contributed by atoms with E-state index in [-0.39, 0.29) is 37.5 Å². The number of ether oxygens (including phenoxy) is 3. The van der Waals surface area contributed by atoms with E-state index in [2.05, 4.69) is 87.6 Å². The molecule has 0 rings (SSSR count). The molecule has 6 heteroatoms. The van der Waals surface area contributed by atoms with Gasteiger partial charge in [0, 0.05) is 19.3 Å². The van der Waals surface area contributed by atoms with E-state index in [1.165, 1.54) is 148 Å². The Morgan fingerprint density at radius 3 is 1.02 bits per heavy atom. The van der Waals surface area contributed by atoms with E-state index in [9.17, 15) is 14.4 Å². The summed E-state index contributed by atoms with van der Waals surface area (Å²) < 4.78 is 16.8. The van der Waals surface area contributed by atoms with Crippen LogP contribution in [0.1, 0.15) is 271 Å². The van der Waals surface area contributed by atoms with Gasteiger partial charge in [0.15, 0.2) is 6.10 Å². The van der Waals surface area contributed by atoms with Crippen molar-refractivity contribution in [2.75, 3.05) is 13.2 Å². The molecule has 0 heterocycles. The molecule has 0 N–H and O–H groups in total. The normalized spacial score (nSPS) is 12.6. The molecule has 1 unspecified atom stereocenters. The highest BCUT2D eigenvalue weighted by Crippen LogP contribution is 2.15. The van der Waals surface area contributed by atoms with Crippen molar-refractivity contribution < 1.29 is 28.6 Å². The topological polar surface area (TPSA) is 78.9 Å². The maximum atomic E-state index is 12.8. The Bertz CT molecular complexity index is 1240. The van der Waals surface area contributed by atoms with Gasteiger partial charge in [0.1, 0.15) is 13.2 Å². The van der Waals surface area contributed by atoms with Gasteiger partial charge < -0.3 is 14.2 Å². The second-order valence-electron chi connectivity index (χ2n) is 18.5. The van der Waals surface area contributed by atoms with Crippen LogP contribution in [0.2, 0.25) is 0 Å². The molecule has 0 spiro atoms. The van der Waals surface area contributed by atoms with Crippen molar-refractivity contribution in [2.45, 2.75) is 277 Å². The first-order valence-electron chi connectivity index (χ1n) is 27.9. The molecule has 0 saturated carbocycles. The molecule has 1 atom stereocenters. The maximum absolute atomic E-state index is 12.8. The number of rotatable bonds is 50. The van der Waals surface area contributed by atoms with Crippen molar-refractivity contribution in [3.8, 4) is 0 Å². The zero-order valence-electron chi connectivity index (χ0n) is 43.4. The van der Waals surface area contributed by atoms with Crippen LogP contribution >= 0.6 is 0 Å². The number of carbonyl (C=O) groups excluding carboxylic acids is 3. The lowest BCUT2D eigenvalue weighted by Gasteiger charge is -2.18. The SMILES string of the molecule is CC/C=C\C/C=C\C/C=C\C/C=C\CCC(=O)OCC(COC(=O)CCCCCCCCCCC/C=C\CCCCCCCC)OC(=O)CCCCCCC/C=C\CCCCCCCCC. The number of hydrogen-bond acceptors (Lipinski definition) is 6. The van der Waals surface area contributed by atoms with Gasteiger partial charge in [-0.3, -0.25) is 14.4 Å². The molecule has 0 aliphatic carbocycles. The Morgan fingerprint density at radius 1 is 0.318 bits per heavy atom. The van der Waals surface area contributed by atoms with Crippen molar-refractivity contribution in [2.24, 2.45) is 0 Å². The van der Waals surface area contributed by atoms with E-state index >= 15 is 0 Å². The van der Waals surface area contributed by atoms with Gasteiger partial charge >= 0.3 is 17.9 Å².